The first-order chi connectivity index (χ1) is 17.7. The quantitative estimate of drug-likeness (QED) is 0.342. The topological polar surface area (TPSA) is 66.9 Å². The number of benzene rings is 2. The minimum absolute atomic E-state index is 0.152. The van der Waals surface area contributed by atoms with Gasteiger partial charge in [-0.2, -0.15) is 4.31 Å². The molecule has 1 fully saturated rings. The van der Waals surface area contributed by atoms with Crippen molar-refractivity contribution < 1.29 is 17.9 Å². The summed E-state index contributed by atoms with van der Waals surface area (Å²) in [6.45, 7) is 5.05. The average molecular weight is 559 g/mol. The lowest BCUT2D eigenvalue weighted by atomic mass is 10.0. The largest absolute Gasteiger partial charge is 0.491 e. The zero-order valence-electron chi connectivity index (χ0n) is 21.0. The number of hydrogen-bond donors (Lipinski definition) is 0. The van der Waals surface area contributed by atoms with Crippen LogP contribution in [0.2, 0.25) is 5.02 Å². The van der Waals surface area contributed by atoms with Gasteiger partial charge < -0.3 is 9.64 Å². The highest BCUT2D eigenvalue weighted by atomic mass is 35.5. The summed E-state index contributed by atoms with van der Waals surface area (Å²) < 4.78 is 34.6. The average Bonchev–Trinajstić information content (AvgIpc) is 3.55. The lowest BCUT2D eigenvalue weighted by Crippen LogP contribution is -2.48. The number of fused-ring (bicyclic) bond motifs is 1. The molecule has 2 aromatic carbocycles. The molecular weight excluding hydrogens is 528 g/mol. The Morgan fingerprint density at radius 3 is 2.59 bits per heavy atom. The molecule has 0 spiro atoms. The summed E-state index contributed by atoms with van der Waals surface area (Å²) in [5.74, 6) is 0.883. The predicted octanol–water partition coefficient (Wildman–Crippen LogP) is 5.62. The molecule has 1 aliphatic carbocycles. The third-order valence-corrected chi connectivity index (χ3v) is 10.1. The van der Waals surface area contributed by atoms with Crippen molar-refractivity contribution in [3.05, 3.63) is 80.5 Å². The monoisotopic (exact) mass is 558 g/mol. The molecule has 0 saturated heterocycles. The van der Waals surface area contributed by atoms with Crippen LogP contribution in [0.4, 0.5) is 0 Å². The SMILES string of the molecule is Cc1ccc(OC[C@H]2c3ccsc3CCN2C(=O)CN(CC2CC2)S(=O)(=O)c2ccc(Cl)cc2)c(C)c1. The second kappa shape index (κ2) is 10.8. The maximum absolute atomic E-state index is 13.8. The van der Waals surface area contributed by atoms with Gasteiger partial charge in [0, 0.05) is 23.0 Å². The Bertz CT molecular complexity index is 1380. The van der Waals surface area contributed by atoms with E-state index in [4.69, 9.17) is 16.3 Å². The van der Waals surface area contributed by atoms with Gasteiger partial charge in [-0.3, -0.25) is 4.79 Å². The summed E-state index contributed by atoms with van der Waals surface area (Å²) in [5, 5.41) is 2.52. The van der Waals surface area contributed by atoms with Crippen molar-refractivity contribution >= 4 is 38.9 Å². The fraction of sp³-hybridized carbons (Fsp3) is 0.393. The van der Waals surface area contributed by atoms with E-state index in [2.05, 4.69) is 12.1 Å². The van der Waals surface area contributed by atoms with Gasteiger partial charge in [0.1, 0.15) is 12.4 Å². The van der Waals surface area contributed by atoms with Crippen LogP contribution in [0.5, 0.6) is 5.75 Å². The summed E-state index contributed by atoms with van der Waals surface area (Å²) >= 11 is 7.67. The highest BCUT2D eigenvalue weighted by Crippen LogP contribution is 2.36. The van der Waals surface area contributed by atoms with Crippen LogP contribution in [0.3, 0.4) is 0 Å². The highest BCUT2D eigenvalue weighted by Gasteiger charge is 2.37. The molecule has 37 heavy (non-hydrogen) atoms. The second-order valence-electron chi connectivity index (χ2n) is 9.93. The Morgan fingerprint density at radius 1 is 1.14 bits per heavy atom. The first kappa shape index (κ1) is 26.2. The fourth-order valence-electron chi connectivity index (χ4n) is 4.84. The number of aryl methyl sites for hydroxylation is 2. The van der Waals surface area contributed by atoms with E-state index in [0.717, 1.165) is 41.7 Å². The molecule has 2 heterocycles. The normalized spacial score (nSPS) is 17.6. The Hall–Kier alpha value is -2.39. The van der Waals surface area contributed by atoms with E-state index in [9.17, 15) is 13.2 Å². The highest BCUT2D eigenvalue weighted by molar-refractivity contribution is 7.89. The molecule has 1 atom stereocenters. The maximum atomic E-state index is 13.8. The Morgan fingerprint density at radius 2 is 1.89 bits per heavy atom. The third kappa shape index (κ3) is 5.87. The summed E-state index contributed by atoms with van der Waals surface area (Å²) in [6.07, 6.45) is 2.72. The predicted molar refractivity (Wildman–Crippen MR) is 147 cm³/mol. The second-order valence-corrected chi connectivity index (χ2v) is 13.3. The zero-order chi connectivity index (χ0) is 26.2. The molecule has 0 bridgehead atoms. The van der Waals surface area contributed by atoms with Crippen molar-refractivity contribution in [2.75, 3.05) is 26.2 Å². The molecule has 1 saturated carbocycles. The Labute approximate surface area is 227 Å². The van der Waals surface area contributed by atoms with Gasteiger partial charge in [0.15, 0.2) is 0 Å². The third-order valence-electron chi connectivity index (χ3n) is 7.06. The number of amides is 1. The van der Waals surface area contributed by atoms with Gasteiger partial charge >= 0.3 is 0 Å². The fourth-order valence-corrected chi connectivity index (χ4v) is 7.36. The molecule has 6 nitrogen and oxygen atoms in total. The van der Waals surface area contributed by atoms with E-state index < -0.39 is 10.0 Å². The van der Waals surface area contributed by atoms with Gasteiger partial charge in [-0.05, 0) is 91.9 Å². The molecule has 0 N–H and O–H groups in total. The molecular formula is C28H31ClN2O4S2. The van der Waals surface area contributed by atoms with E-state index in [1.807, 2.05) is 31.4 Å². The van der Waals surface area contributed by atoms with Gasteiger partial charge in [-0.15, -0.1) is 11.3 Å². The zero-order valence-corrected chi connectivity index (χ0v) is 23.4. The molecule has 2 aliphatic rings. The van der Waals surface area contributed by atoms with Crippen LogP contribution in [0.25, 0.3) is 0 Å². The Balaban J connectivity index is 1.38. The van der Waals surface area contributed by atoms with Crippen LogP contribution in [-0.2, 0) is 21.2 Å². The number of thiophene rings is 1. The number of nitrogens with zero attached hydrogens (tertiary/aromatic N) is 2. The van der Waals surface area contributed by atoms with Crippen molar-refractivity contribution in [3.63, 3.8) is 0 Å². The number of carbonyl (C=O) groups is 1. The van der Waals surface area contributed by atoms with Crippen molar-refractivity contribution in [2.24, 2.45) is 5.92 Å². The lowest BCUT2D eigenvalue weighted by Gasteiger charge is -2.37. The van der Waals surface area contributed by atoms with Crippen LogP contribution in [-0.4, -0.2) is 49.8 Å². The number of ether oxygens (including phenoxy) is 1. The van der Waals surface area contributed by atoms with E-state index >= 15 is 0 Å². The smallest absolute Gasteiger partial charge is 0.243 e. The molecule has 0 radical (unpaired) electrons. The molecule has 1 aliphatic heterocycles. The Kier molecular flexibility index (Phi) is 7.63. The number of hydrogen-bond acceptors (Lipinski definition) is 5. The molecule has 1 amide bonds. The summed E-state index contributed by atoms with van der Waals surface area (Å²) in [6, 6.07) is 14.0. The van der Waals surface area contributed by atoms with Crippen LogP contribution < -0.4 is 4.74 Å². The standard InChI is InChI=1S/C28H31ClN2O4S2/c1-19-3-10-26(20(2)15-19)35-18-25-24-12-14-36-27(24)11-13-31(25)28(32)17-30(16-21-4-5-21)37(33,34)23-8-6-22(29)7-9-23/h3,6-10,12,14-15,21,25H,4-5,11,13,16-18H2,1-2H3/t25-/m0/s1. The number of sulfonamides is 1. The van der Waals surface area contributed by atoms with Crippen molar-refractivity contribution in [1.29, 1.82) is 0 Å². The van der Waals surface area contributed by atoms with E-state index in [1.165, 1.54) is 21.3 Å². The lowest BCUT2D eigenvalue weighted by molar-refractivity contribution is -0.135. The molecule has 1 aromatic heterocycles. The number of halogens is 1. The van der Waals surface area contributed by atoms with Crippen LogP contribution in [0.15, 0.2) is 58.8 Å². The maximum Gasteiger partial charge on any atom is 0.243 e. The van der Waals surface area contributed by atoms with Gasteiger partial charge in [0.2, 0.25) is 15.9 Å². The van der Waals surface area contributed by atoms with E-state index in [1.54, 1.807) is 28.4 Å². The van der Waals surface area contributed by atoms with Crippen LogP contribution in [0.1, 0.15) is 40.5 Å². The van der Waals surface area contributed by atoms with E-state index in [-0.39, 0.29) is 23.4 Å². The van der Waals surface area contributed by atoms with Crippen molar-refractivity contribution in [2.45, 2.75) is 44.0 Å². The summed E-state index contributed by atoms with van der Waals surface area (Å²) in [5.41, 5.74) is 3.30. The minimum atomic E-state index is -3.84. The van der Waals surface area contributed by atoms with Gasteiger partial charge in [-0.1, -0.05) is 29.3 Å². The van der Waals surface area contributed by atoms with Gasteiger partial charge in [-0.25, -0.2) is 8.42 Å². The van der Waals surface area contributed by atoms with Crippen molar-refractivity contribution in [1.82, 2.24) is 9.21 Å². The summed E-state index contributed by atoms with van der Waals surface area (Å²) in [4.78, 5) is 17.0. The first-order valence-electron chi connectivity index (χ1n) is 12.5. The van der Waals surface area contributed by atoms with Gasteiger partial charge in [0.25, 0.3) is 0 Å². The number of rotatable bonds is 9. The van der Waals surface area contributed by atoms with E-state index in [0.29, 0.717) is 30.6 Å². The van der Waals surface area contributed by atoms with Crippen molar-refractivity contribution in [3.8, 4) is 5.75 Å². The molecule has 3 aromatic rings. The minimum Gasteiger partial charge on any atom is -0.491 e. The summed E-state index contributed by atoms with van der Waals surface area (Å²) in [7, 11) is -3.84. The molecule has 9 heteroatoms. The molecule has 0 unspecified atom stereocenters. The molecule has 196 valence electrons. The first-order valence-corrected chi connectivity index (χ1v) is 15.2. The van der Waals surface area contributed by atoms with Crippen LogP contribution in [0, 0.1) is 19.8 Å². The molecule has 5 rings (SSSR count). The van der Waals surface area contributed by atoms with Crippen LogP contribution >= 0.6 is 22.9 Å². The van der Waals surface area contributed by atoms with Gasteiger partial charge in [0.05, 0.1) is 17.5 Å². The number of carbonyl (C=O) groups excluding carboxylic acids is 1.